The first-order valence-corrected chi connectivity index (χ1v) is 3.72. The van der Waals surface area contributed by atoms with Gasteiger partial charge in [0.1, 0.15) is 0 Å². The fourth-order valence-electron chi connectivity index (χ4n) is 0.481. The van der Waals surface area contributed by atoms with E-state index in [9.17, 15) is 4.79 Å². The van der Waals surface area contributed by atoms with Crippen LogP contribution in [0.15, 0.2) is 0 Å². The molecule has 7 heteroatoms. The largest absolute Gasteiger partial charge is 0.271 e. The number of nitrogens with zero attached hydrogens (tertiary/aromatic N) is 1. The molecule has 1 amide bonds. The monoisotopic (exact) mass is 200 g/mol. The molecule has 5 nitrogen and oxygen atoms in total. The highest BCUT2D eigenvalue weighted by atomic mass is 35.5. The van der Waals surface area contributed by atoms with Crippen LogP contribution in [-0.2, 0) is 14.5 Å². The Hall–Kier alpha value is -0.0700. The first-order valence-electron chi connectivity index (χ1n) is 2.85. The summed E-state index contributed by atoms with van der Waals surface area (Å²) in [5.41, 5.74) is 2.16. The zero-order valence-corrected chi connectivity index (χ0v) is 6.93. The number of carbonyl (C=O) groups is 1. The Bertz CT molecular complexity index is 148. The standard InChI is InChI=1S/C4H6Cl2N2O3/c5-3(6)4(9)7-8-10-1-2-11-8/h3H,1-2H2,(H,7,9). The lowest BCUT2D eigenvalue weighted by Crippen LogP contribution is -2.41. The van der Waals surface area contributed by atoms with Gasteiger partial charge in [-0.15, -0.1) is 0 Å². The Labute approximate surface area is 73.0 Å². The summed E-state index contributed by atoms with van der Waals surface area (Å²) in [4.78, 5) is 19.1. The third-order valence-electron chi connectivity index (χ3n) is 0.900. The van der Waals surface area contributed by atoms with Crippen molar-refractivity contribution in [2.45, 2.75) is 4.84 Å². The molecule has 11 heavy (non-hydrogen) atoms. The van der Waals surface area contributed by atoms with Crippen LogP contribution in [0.5, 0.6) is 0 Å². The van der Waals surface area contributed by atoms with Gasteiger partial charge in [-0.25, -0.2) is 5.43 Å². The van der Waals surface area contributed by atoms with Crippen molar-refractivity contribution in [1.82, 2.24) is 10.8 Å². The van der Waals surface area contributed by atoms with E-state index in [1.54, 1.807) is 0 Å². The zero-order chi connectivity index (χ0) is 8.27. The van der Waals surface area contributed by atoms with Crippen LogP contribution in [0.1, 0.15) is 0 Å². The number of hydrazine groups is 1. The van der Waals surface area contributed by atoms with Gasteiger partial charge < -0.3 is 0 Å². The maximum absolute atomic E-state index is 10.7. The van der Waals surface area contributed by atoms with E-state index in [0.717, 1.165) is 5.34 Å². The van der Waals surface area contributed by atoms with Crippen molar-refractivity contribution in [3.8, 4) is 0 Å². The van der Waals surface area contributed by atoms with Gasteiger partial charge in [0.05, 0.1) is 13.2 Å². The molecule has 0 saturated carbocycles. The number of amides is 1. The van der Waals surface area contributed by atoms with Gasteiger partial charge in [-0.05, 0) is 0 Å². The quantitative estimate of drug-likeness (QED) is 0.639. The lowest BCUT2D eigenvalue weighted by molar-refractivity contribution is -0.326. The molecule has 1 fully saturated rings. The predicted molar refractivity (Wildman–Crippen MR) is 37.4 cm³/mol. The summed E-state index contributed by atoms with van der Waals surface area (Å²) in [7, 11) is 0. The molecule has 0 bridgehead atoms. The van der Waals surface area contributed by atoms with Gasteiger partial charge >= 0.3 is 0 Å². The smallest absolute Gasteiger partial charge is 0.270 e. The summed E-state index contributed by atoms with van der Waals surface area (Å²) in [5.74, 6) is -0.588. The van der Waals surface area contributed by atoms with Crippen LogP contribution in [0.25, 0.3) is 0 Å². The van der Waals surface area contributed by atoms with Crippen molar-refractivity contribution >= 4 is 29.1 Å². The lowest BCUT2D eigenvalue weighted by atomic mass is 10.7. The van der Waals surface area contributed by atoms with Gasteiger partial charge in [-0.1, -0.05) is 23.2 Å². The summed E-state index contributed by atoms with van der Waals surface area (Å²) < 4.78 is 0. The van der Waals surface area contributed by atoms with E-state index in [1.807, 2.05) is 0 Å². The molecule has 0 unspecified atom stereocenters. The minimum atomic E-state index is -1.12. The van der Waals surface area contributed by atoms with Crippen LogP contribution in [0, 0.1) is 0 Å². The van der Waals surface area contributed by atoms with Crippen LogP contribution < -0.4 is 5.43 Å². The molecule has 0 aromatic carbocycles. The van der Waals surface area contributed by atoms with E-state index in [4.69, 9.17) is 32.9 Å². The molecule has 0 aromatic rings. The molecule has 0 spiro atoms. The van der Waals surface area contributed by atoms with Crippen molar-refractivity contribution in [1.29, 1.82) is 0 Å². The summed E-state index contributed by atoms with van der Waals surface area (Å²) >= 11 is 10.4. The number of hydrogen-bond acceptors (Lipinski definition) is 4. The van der Waals surface area contributed by atoms with E-state index < -0.39 is 10.7 Å². The maximum atomic E-state index is 10.7. The van der Waals surface area contributed by atoms with Crippen LogP contribution in [0.3, 0.4) is 0 Å². The molecular weight excluding hydrogens is 195 g/mol. The first-order chi connectivity index (χ1) is 5.20. The Balaban J connectivity index is 2.24. The third-order valence-corrected chi connectivity index (χ3v) is 1.30. The van der Waals surface area contributed by atoms with Gasteiger partial charge in [0.2, 0.25) is 0 Å². The van der Waals surface area contributed by atoms with E-state index in [2.05, 4.69) is 5.43 Å². The van der Waals surface area contributed by atoms with Crippen molar-refractivity contribution in [3.63, 3.8) is 0 Å². The molecule has 0 aliphatic carbocycles. The number of rotatable bonds is 2. The van der Waals surface area contributed by atoms with Crippen molar-refractivity contribution in [2.24, 2.45) is 0 Å². The molecule has 64 valence electrons. The first kappa shape index (κ1) is 9.02. The van der Waals surface area contributed by atoms with Gasteiger partial charge in [0.25, 0.3) is 5.91 Å². The van der Waals surface area contributed by atoms with E-state index >= 15 is 0 Å². The van der Waals surface area contributed by atoms with Crippen molar-refractivity contribution in [2.75, 3.05) is 13.2 Å². The maximum Gasteiger partial charge on any atom is 0.271 e. The van der Waals surface area contributed by atoms with Gasteiger partial charge in [0.15, 0.2) is 4.84 Å². The highest BCUT2D eigenvalue weighted by Crippen LogP contribution is 2.03. The Morgan fingerprint density at radius 2 is 2.00 bits per heavy atom. The minimum Gasteiger partial charge on any atom is -0.270 e. The Kier molecular flexibility index (Phi) is 3.35. The van der Waals surface area contributed by atoms with Crippen LogP contribution in [-0.4, -0.2) is 29.3 Å². The molecular formula is C4H6Cl2N2O3. The summed E-state index contributed by atoms with van der Waals surface area (Å²) in [6.07, 6.45) is 0. The second-order valence-electron chi connectivity index (χ2n) is 1.70. The van der Waals surface area contributed by atoms with Gasteiger partial charge in [-0.2, -0.15) is 0 Å². The average Bonchev–Trinajstić information content (AvgIpc) is 2.39. The van der Waals surface area contributed by atoms with E-state index in [-0.39, 0.29) is 0 Å². The normalized spacial score (nSPS) is 19.2. The second kappa shape index (κ2) is 4.08. The van der Waals surface area contributed by atoms with Crippen LogP contribution in [0.4, 0.5) is 0 Å². The van der Waals surface area contributed by atoms with Crippen molar-refractivity contribution < 1.29 is 14.5 Å². The van der Waals surface area contributed by atoms with Gasteiger partial charge in [-0.3, -0.25) is 14.5 Å². The fourth-order valence-corrected chi connectivity index (χ4v) is 0.579. The summed E-state index contributed by atoms with van der Waals surface area (Å²) in [5, 5.41) is 0.833. The van der Waals surface area contributed by atoms with Crippen LogP contribution in [0.2, 0.25) is 0 Å². The molecule has 1 aliphatic heterocycles. The predicted octanol–water partition coefficient (Wildman–Crippen LogP) is 0.0001000. The van der Waals surface area contributed by atoms with E-state index in [0.29, 0.717) is 13.2 Å². The lowest BCUT2D eigenvalue weighted by Gasteiger charge is -2.12. The number of halogens is 2. The SMILES string of the molecule is O=C(NN1OCCO1)C(Cl)Cl. The van der Waals surface area contributed by atoms with E-state index in [1.165, 1.54) is 0 Å². The highest BCUT2D eigenvalue weighted by molar-refractivity contribution is 6.53. The molecule has 1 heterocycles. The Morgan fingerprint density at radius 1 is 1.45 bits per heavy atom. The molecule has 0 radical (unpaired) electrons. The molecule has 0 atom stereocenters. The number of carbonyl (C=O) groups excluding carboxylic acids is 1. The Morgan fingerprint density at radius 3 is 2.45 bits per heavy atom. The topological polar surface area (TPSA) is 50.8 Å². The molecule has 1 saturated heterocycles. The second-order valence-corrected chi connectivity index (χ2v) is 2.80. The van der Waals surface area contributed by atoms with Crippen molar-refractivity contribution in [3.05, 3.63) is 0 Å². The molecule has 1 rings (SSSR count). The van der Waals surface area contributed by atoms with Crippen LogP contribution >= 0.6 is 23.2 Å². The summed E-state index contributed by atoms with van der Waals surface area (Å²) in [6.45, 7) is 0.797. The molecule has 0 aromatic heterocycles. The third kappa shape index (κ3) is 2.80. The molecule has 1 N–H and O–H groups in total. The zero-order valence-electron chi connectivity index (χ0n) is 5.42. The number of alkyl halides is 2. The fraction of sp³-hybridized carbons (Fsp3) is 0.750. The van der Waals surface area contributed by atoms with Gasteiger partial charge in [0, 0.05) is 5.34 Å². The average molecular weight is 201 g/mol. The number of nitrogens with one attached hydrogen (secondary N) is 1. The minimum absolute atomic E-state index is 0.398. The number of hydrogen-bond donors (Lipinski definition) is 1. The highest BCUT2D eigenvalue weighted by Gasteiger charge is 2.19. The summed E-state index contributed by atoms with van der Waals surface area (Å²) in [6, 6.07) is 0. The molecule has 1 aliphatic rings.